The number of hydrogen-bond acceptors (Lipinski definition) is 11. The van der Waals surface area contributed by atoms with Gasteiger partial charge in [-0.1, -0.05) is 115 Å². The molecule has 0 unspecified atom stereocenters. The van der Waals surface area contributed by atoms with Crippen molar-refractivity contribution in [3.8, 4) is 17.2 Å². The Morgan fingerprint density at radius 3 is 1.12 bits per heavy atom. The van der Waals surface area contributed by atoms with Gasteiger partial charge in [-0.25, -0.2) is 9.59 Å². The molecule has 0 atom stereocenters. The minimum atomic E-state index is -2.56. The van der Waals surface area contributed by atoms with Crippen LogP contribution in [-0.4, -0.2) is 87.9 Å². The second-order valence-electron chi connectivity index (χ2n) is 27.9. The molecule has 0 aliphatic heterocycles. The van der Waals surface area contributed by atoms with E-state index in [-0.39, 0.29) is 32.1 Å². The topological polar surface area (TPSA) is 174 Å². The molecule has 0 bridgehead atoms. The van der Waals surface area contributed by atoms with Crippen LogP contribution in [0.4, 0.5) is 9.59 Å². The molecule has 9 rings (SSSR count). The zero-order valence-corrected chi connectivity index (χ0v) is 62.9. The van der Waals surface area contributed by atoms with E-state index in [1.165, 1.54) is 119 Å². The standard InChI is InChI=1S/C22H33NO3.C21H31NO4.C19H18BrP.C17H25NO.C4H8O2.CH4/c1-17(13-14-23-21(24)26-22(2,3)4)19-11-8-12-20(15-19)25-16-18-9-6-5-7-10-18;1-21(2,3)26-20(24)22-13-12-19(23)17-10-7-11-18(14-17)25-15-16-8-5-4-6-9-16;1-21(20,17-11-5-2-6-12-17,18-13-7-3-8-14-18)19-15-9-4-10-16-19;1-14(10-11-18)16-8-5-9-17(12-16)19-13-15-6-3-2-4-7-15;1-3-6-4(2)5;/h8,11-12,15,18H,1,5-7,9-10,13-14,16H2,2-4H3,(H,23,24);7,10-11,14,16H,4-6,8-9,12-13,15H2,1-3H3,(H,22,24);2-16H,1H3;5,8-9,12,15H,1-4,6-7,10-11,13,18H2;3H2,1-2H3;1H4. The van der Waals surface area contributed by atoms with Crippen LogP contribution in [0.2, 0.25) is 0 Å². The van der Waals surface area contributed by atoms with Gasteiger partial charge in [-0.05, 0) is 183 Å². The first-order valence-electron chi connectivity index (χ1n) is 35.6. The van der Waals surface area contributed by atoms with Crippen LogP contribution >= 0.6 is 20.8 Å². The molecule has 99 heavy (non-hydrogen) atoms. The molecule has 3 saturated carbocycles. The molecule has 0 radical (unpaired) electrons. The minimum absolute atomic E-state index is 0. The summed E-state index contributed by atoms with van der Waals surface area (Å²) in [6, 6.07) is 55.9. The number of nitrogens with two attached hydrogens (primary N) is 1. The fraction of sp³-hybridized carbons (Fsp3) is 0.476. The zero-order chi connectivity index (χ0) is 71.3. The van der Waals surface area contributed by atoms with E-state index in [1.54, 1.807) is 39.8 Å². The summed E-state index contributed by atoms with van der Waals surface area (Å²) < 4.78 is 32.6. The van der Waals surface area contributed by atoms with Crippen molar-refractivity contribution >= 4 is 71.8 Å². The summed E-state index contributed by atoms with van der Waals surface area (Å²) in [4.78, 5) is 45.4. The SMILES string of the molecule is C.C=C(CCN)c1cccc(OCC2CCCCC2)c1.C=C(CCNC(=O)OC(C)(C)C)c1cccc(OCC2CCCCC2)c1.CC(C)(C)OC(=O)NCCC(=O)c1cccc(OCC2CCCCC2)c1.CCOC(C)=O.CP(Br)(c1ccccc1)(c1ccccc1)c1ccccc1. The van der Waals surface area contributed by atoms with Crippen molar-refractivity contribution < 1.29 is 47.6 Å². The Morgan fingerprint density at radius 1 is 0.485 bits per heavy atom. The van der Waals surface area contributed by atoms with Gasteiger partial charge in [0.1, 0.15) is 28.5 Å². The van der Waals surface area contributed by atoms with Gasteiger partial charge in [-0.15, -0.1) is 0 Å². The number of hydrogen-bond donors (Lipinski definition) is 3. The number of carbonyl (C=O) groups excluding carboxylic acids is 4. The zero-order valence-electron chi connectivity index (χ0n) is 60.4. The summed E-state index contributed by atoms with van der Waals surface area (Å²) >= 11 is 4.24. The molecule has 3 aliphatic carbocycles. The summed E-state index contributed by atoms with van der Waals surface area (Å²) in [5, 5.41) is 6.86. The number of Topliss-reactive ketones (excluding diaryl/α,β-unsaturated/α-hetero) is 1. The molecule has 542 valence electrons. The van der Waals surface area contributed by atoms with Gasteiger partial charge >= 0.3 is 153 Å². The Hall–Kier alpha value is -7.25. The molecule has 3 aliphatic rings. The Labute approximate surface area is 603 Å². The fourth-order valence-electron chi connectivity index (χ4n) is 11.9. The van der Waals surface area contributed by atoms with Crippen LogP contribution in [0.5, 0.6) is 17.2 Å². The van der Waals surface area contributed by atoms with Crippen LogP contribution in [0.1, 0.15) is 200 Å². The molecular formula is C84H119BrN3O10P. The maximum atomic E-state index is 12.3. The van der Waals surface area contributed by atoms with Crippen molar-refractivity contribution in [3.05, 3.63) is 194 Å². The number of halogens is 1. The third kappa shape index (κ3) is 31.9. The predicted octanol–water partition coefficient (Wildman–Crippen LogP) is 20.0. The van der Waals surface area contributed by atoms with Crippen molar-refractivity contribution in [2.75, 3.05) is 52.7 Å². The first kappa shape index (κ1) is 84.2. The molecule has 0 spiro atoms. The summed E-state index contributed by atoms with van der Waals surface area (Å²) in [7, 11) is 0. The van der Waals surface area contributed by atoms with E-state index in [0.717, 1.165) is 71.7 Å². The monoisotopic (exact) mass is 1440 g/mol. The van der Waals surface area contributed by atoms with Gasteiger partial charge in [-0.2, -0.15) is 0 Å². The van der Waals surface area contributed by atoms with Crippen LogP contribution in [0.15, 0.2) is 177 Å². The molecule has 0 heterocycles. The Balaban J connectivity index is 0.000000273. The van der Waals surface area contributed by atoms with Gasteiger partial charge in [0.05, 0.1) is 26.4 Å². The molecule has 4 N–H and O–H groups in total. The van der Waals surface area contributed by atoms with E-state index in [1.807, 2.05) is 69.3 Å². The second kappa shape index (κ2) is 44.1. The number of amides is 2. The van der Waals surface area contributed by atoms with Crippen LogP contribution in [-0.2, 0) is 19.0 Å². The number of carbonyl (C=O) groups is 4. The normalized spacial score (nSPS) is 14.5. The average Bonchev–Trinajstić information content (AvgIpc) is 0.721. The number of benzene rings is 6. The molecular weight excluding hydrogens is 1320 g/mol. The fourth-order valence-corrected chi connectivity index (χ4v) is 17.6. The number of alkyl carbamates (subject to hydrolysis) is 2. The third-order valence-corrected chi connectivity index (χ3v) is 25.6. The van der Waals surface area contributed by atoms with E-state index in [0.29, 0.717) is 43.5 Å². The van der Waals surface area contributed by atoms with Crippen molar-refractivity contribution in [1.29, 1.82) is 0 Å². The van der Waals surface area contributed by atoms with Gasteiger partial charge in [0.2, 0.25) is 0 Å². The van der Waals surface area contributed by atoms with Gasteiger partial charge in [0.25, 0.3) is 0 Å². The van der Waals surface area contributed by atoms with Gasteiger partial charge in [-0.3, -0.25) is 9.59 Å². The van der Waals surface area contributed by atoms with Crippen LogP contribution < -0.4 is 46.5 Å². The first-order chi connectivity index (χ1) is 46.8. The molecule has 6 aromatic rings. The van der Waals surface area contributed by atoms with E-state index in [4.69, 9.17) is 29.4 Å². The Morgan fingerprint density at radius 2 is 0.808 bits per heavy atom. The van der Waals surface area contributed by atoms with Crippen molar-refractivity contribution in [3.63, 3.8) is 0 Å². The predicted molar refractivity (Wildman–Crippen MR) is 418 cm³/mol. The molecule has 13 nitrogen and oxygen atoms in total. The van der Waals surface area contributed by atoms with Gasteiger partial charge < -0.3 is 44.8 Å². The third-order valence-electron chi connectivity index (χ3n) is 17.3. The molecule has 2 amide bonds. The van der Waals surface area contributed by atoms with E-state index < -0.39 is 28.7 Å². The number of nitrogens with one attached hydrogen (secondary N) is 2. The Kier molecular flexibility index (Phi) is 37.5. The summed E-state index contributed by atoms with van der Waals surface area (Å²) in [6.07, 6.45) is 20.6. The quantitative estimate of drug-likeness (QED) is 0.0228. The maximum absolute atomic E-state index is 12.3. The van der Waals surface area contributed by atoms with Crippen LogP contribution in [0, 0.1) is 17.8 Å². The van der Waals surface area contributed by atoms with Crippen molar-refractivity contribution in [2.45, 2.75) is 190 Å². The van der Waals surface area contributed by atoms with Crippen molar-refractivity contribution in [2.24, 2.45) is 23.5 Å². The van der Waals surface area contributed by atoms with Crippen LogP contribution in [0.25, 0.3) is 11.1 Å². The molecule has 3 fully saturated rings. The van der Waals surface area contributed by atoms with E-state index in [2.05, 4.69) is 154 Å². The molecule has 0 saturated heterocycles. The van der Waals surface area contributed by atoms with E-state index in [9.17, 15) is 19.2 Å². The first-order valence-corrected chi connectivity index (χ1v) is 40.3. The van der Waals surface area contributed by atoms with Crippen LogP contribution in [0.3, 0.4) is 0 Å². The van der Waals surface area contributed by atoms with Gasteiger partial charge in [0.15, 0.2) is 5.78 Å². The number of ether oxygens (including phenoxy) is 6. The molecule has 15 heteroatoms. The summed E-state index contributed by atoms with van der Waals surface area (Å²) in [5.74, 6) is 4.41. The van der Waals surface area contributed by atoms with E-state index >= 15 is 0 Å². The second-order valence-corrected chi connectivity index (χ2v) is 37.6. The number of ketones is 1. The van der Waals surface area contributed by atoms with Gasteiger partial charge in [0, 0.05) is 32.0 Å². The number of esters is 1. The summed E-state index contributed by atoms with van der Waals surface area (Å²) in [5.41, 5.74) is 9.42. The average molecular weight is 1440 g/mol. The molecule has 6 aromatic carbocycles. The van der Waals surface area contributed by atoms with Crippen molar-refractivity contribution in [1.82, 2.24) is 10.6 Å². The number of rotatable bonds is 24. The Bertz CT molecular complexity index is 3120. The summed E-state index contributed by atoms with van der Waals surface area (Å²) in [6.45, 7) is 29.0. The molecule has 0 aromatic heterocycles.